The second kappa shape index (κ2) is 12.4. The molecule has 0 amide bonds. The standard InChI is InChI=1S/C34H27N3O5S2/c1-3-27-30(33(39)42-2)31(22-9-5-4-6-10-22)36-32(38)29(44-34(36)35-27)19-23-15-18-28(26-12-8-7-11-25(23)26)43-20-21-13-16-24(17-14-21)37(40)41/h4-19,31H,3,20H2,1-2H3/b29-19-/t31-/m0/s1. The van der Waals surface area contributed by atoms with Gasteiger partial charge in [-0.15, -0.1) is 11.8 Å². The molecule has 220 valence electrons. The molecule has 0 bridgehead atoms. The maximum Gasteiger partial charge on any atom is 0.338 e. The largest absolute Gasteiger partial charge is 0.466 e. The number of thioether (sulfide) groups is 1. The van der Waals surface area contributed by atoms with Gasteiger partial charge in [0.2, 0.25) is 0 Å². The molecule has 0 unspecified atom stereocenters. The minimum atomic E-state index is -0.646. The first kappa shape index (κ1) is 29.3. The van der Waals surface area contributed by atoms with E-state index in [4.69, 9.17) is 9.73 Å². The topological polar surface area (TPSA) is 104 Å². The van der Waals surface area contributed by atoms with Crippen LogP contribution in [0.1, 0.15) is 36.1 Å². The molecule has 0 fully saturated rings. The molecule has 0 spiro atoms. The van der Waals surface area contributed by atoms with Gasteiger partial charge in [0.1, 0.15) is 0 Å². The number of non-ortho nitro benzene ring substituents is 1. The molecule has 8 nitrogen and oxygen atoms in total. The molecular formula is C34H27N3O5S2. The number of thiazole rings is 1. The van der Waals surface area contributed by atoms with E-state index in [0.29, 0.717) is 32.8 Å². The number of rotatable bonds is 8. The Bertz CT molecular complexity index is 2120. The molecule has 0 aliphatic carbocycles. The summed E-state index contributed by atoms with van der Waals surface area (Å²) in [5, 5.41) is 13.0. The summed E-state index contributed by atoms with van der Waals surface area (Å²) in [7, 11) is 1.34. The van der Waals surface area contributed by atoms with Crippen molar-refractivity contribution in [1.29, 1.82) is 0 Å². The van der Waals surface area contributed by atoms with E-state index in [-0.39, 0.29) is 11.2 Å². The van der Waals surface area contributed by atoms with Gasteiger partial charge < -0.3 is 4.74 Å². The van der Waals surface area contributed by atoms with Crippen molar-refractivity contribution >= 4 is 51.6 Å². The number of ether oxygens (including phenoxy) is 1. The van der Waals surface area contributed by atoms with Gasteiger partial charge in [0, 0.05) is 22.8 Å². The van der Waals surface area contributed by atoms with Crippen LogP contribution in [0.5, 0.6) is 0 Å². The zero-order valence-corrected chi connectivity index (χ0v) is 25.6. The van der Waals surface area contributed by atoms with E-state index in [2.05, 4.69) is 6.07 Å². The number of nitro benzene ring substituents is 1. The number of aromatic nitrogens is 1. The molecule has 0 N–H and O–H groups in total. The Morgan fingerprint density at radius 2 is 1.73 bits per heavy atom. The first-order chi connectivity index (χ1) is 21.4. The molecule has 1 aromatic heterocycles. The highest BCUT2D eigenvalue weighted by atomic mass is 32.2. The number of hydrogen-bond donors (Lipinski definition) is 0. The third kappa shape index (κ3) is 5.49. The monoisotopic (exact) mass is 621 g/mol. The summed E-state index contributed by atoms with van der Waals surface area (Å²) in [4.78, 5) is 44.0. The van der Waals surface area contributed by atoms with Crippen LogP contribution in [0.15, 0.2) is 117 Å². The second-order valence-corrected chi connectivity index (χ2v) is 12.1. The number of nitrogens with zero attached hydrogens (tertiary/aromatic N) is 3. The van der Waals surface area contributed by atoms with Crippen molar-refractivity contribution < 1.29 is 14.5 Å². The Labute approximate surface area is 260 Å². The number of carbonyl (C=O) groups is 1. The van der Waals surface area contributed by atoms with Crippen LogP contribution in [-0.4, -0.2) is 22.6 Å². The Morgan fingerprint density at radius 3 is 2.41 bits per heavy atom. The summed E-state index contributed by atoms with van der Waals surface area (Å²) in [5.41, 5.74) is 3.52. The van der Waals surface area contributed by atoms with Crippen LogP contribution in [-0.2, 0) is 15.3 Å². The molecule has 0 saturated carbocycles. The molecule has 0 radical (unpaired) electrons. The van der Waals surface area contributed by atoms with E-state index in [1.165, 1.54) is 30.6 Å². The van der Waals surface area contributed by atoms with Crippen LogP contribution in [0.2, 0.25) is 0 Å². The zero-order valence-electron chi connectivity index (χ0n) is 23.9. The number of methoxy groups -OCH3 is 1. The van der Waals surface area contributed by atoms with Gasteiger partial charge in [-0.2, -0.15) is 0 Å². The van der Waals surface area contributed by atoms with E-state index >= 15 is 0 Å². The van der Waals surface area contributed by atoms with Crippen LogP contribution in [0.3, 0.4) is 0 Å². The van der Waals surface area contributed by atoms with Gasteiger partial charge in [-0.3, -0.25) is 19.5 Å². The van der Waals surface area contributed by atoms with E-state index in [0.717, 1.165) is 32.4 Å². The molecule has 2 heterocycles. The molecule has 6 rings (SSSR count). The van der Waals surface area contributed by atoms with Gasteiger partial charge >= 0.3 is 5.97 Å². The predicted molar refractivity (Wildman–Crippen MR) is 173 cm³/mol. The van der Waals surface area contributed by atoms with Crippen LogP contribution in [0.25, 0.3) is 16.8 Å². The normalized spacial score (nSPS) is 14.8. The first-order valence-corrected chi connectivity index (χ1v) is 15.8. The molecule has 44 heavy (non-hydrogen) atoms. The van der Waals surface area contributed by atoms with E-state index < -0.39 is 16.9 Å². The number of benzene rings is 4. The number of nitro groups is 1. The van der Waals surface area contributed by atoms with E-state index in [9.17, 15) is 19.7 Å². The van der Waals surface area contributed by atoms with Gasteiger partial charge in [0.15, 0.2) is 4.80 Å². The SMILES string of the molecule is CCC1=C(C(=O)OC)[C@H](c2ccccc2)n2c(s/c(=C\c3ccc(SCc4ccc([N+](=O)[O-])cc4)c4ccccc34)c2=O)=N1. The van der Waals surface area contributed by atoms with Crippen molar-refractivity contribution in [2.45, 2.75) is 30.0 Å². The molecule has 4 aromatic carbocycles. The fourth-order valence-electron chi connectivity index (χ4n) is 5.38. The van der Waals surface area contributed by atoms with Crippen LogP contribution in [0, 0.1) is 10.1 Å². The van der Waals surface area contributed by atoms with Crippen LogP contribution >= 0.6 is 23.1 Å². The maximum atomic E-state index is 14.0. The van der Waals surface area contributed by atoms with Crippen molar-refractivity contribution in [3.63, 3.8) is 0 Å². The number of hydrogen-bond acceptors (Lipinski definition) is 8. The summed E-state index contributed by atoms with van der Waals surface area (Å²) < 4.78 is 7.27. The van der Waals surface area contributed by atoms with Crippen molar-refractivity contribution in [3.05, 3.63) is 149 Å². The molecular weight excluding hydrogens is 595 g/mol. The first-order valence-electron chi connectivity index (χ1n) is 14.0. The van der Waals surface area contributed by atoms with Crippen molar-refractivity contribution in [2.75, 3.05) is 7.11 Å². The Hall–Kier alpha value is -4.80. The average molecular weight is 622 g/mol. The summed E-state index contributed by atoms with van der Waals surface area (Å²) >= 11 is 2.96. The Balaban J connectivity index is 1.42. The molecule has 5 aromatic rings. The summed E-state index contributed by atoms with van der Waals surface area (Å²) in [6, 6.07) is 27.5. The van der Waals surface area contributed by atoms with E-state index in [1.807, 2.05) is 73.7 Å². The Kier molecular flexibility index (Phi) is 8.28. The fourth-order valence-corrected chi connectivity index (χ4v) is 7.40. The molecule has 10 heteroatoms. The highest BCUT2D eigenvalue weighted by Gasteiger charge is 2.33. The van der Waals surface area contributed by atoms with Crippen LogP contribution < -0.4 is 14.9 Å². The molecule has 1 atom stereocenters. The molecule has 1 aliphatic rings. The van der Waals surface area contributed by atoms with Crippen molar-refractivity contribution in [2.24, 2.45) is 4.99 Å². The zero-order chi connectivity index (χ0) is 30.8. The quantitative estimate of drug-likeness (QED) is 0.0891. The number of esters is 1. The minimum absolute atomic E-state index is 0.0707. The Morgan fingerprint density at radius 1 is 1.02 bits per heavy atom. The van der Waals surface area contributed by atoms with Gasteiger partial charge in [0.05, 0.1) is 33.9 Å². The van der Waals surface area contributed by atoms with Crippen LogP contribution in [0.4, 0.5) is 5.69 Å². The summed E-state index contributed by atoms with van der Waals surface area (Å²) in [6.45, 7) is 1.94. The van der Waals surface area contributed by atoms with Gasteiger partial charge in [-0.25, -0.2) is 9.79 Å². The van der Waals surface area contributed by atoms with Crippen molar-refractivity contribution in [1.82, 2.24) is 4.57 Å². The lowest BCUT2D eigenvalue weighted by atomic mass is 9.95. The summed E-state index contributed by atoms with van der Waals surface area (Å²) in [6.07, 6.45) is 2.41. The van der Waals surface area contributed by atoms with Crippen molar-refractivity contribution in [3.8, 4) is 0 Å². The summed E-state index contributed by atoms with van der Waals surface area (Å²) in [5.74, 6) is 0.156. The average Bonchev–Trinajstić information content (AvgIpc) is 3.37. The highest BCUT2D eigenvalue weighted by Crippen LogP contribution is 2.34. The lowest BCUT2D eigenvalue weighted by Crippen LogP contribution is -2.40. The molecule has 0 saturated heterocycles. The van der Waals surface area contributed by atoms with Gasteiger partial charge in [0.25, 0.3) is 11.2 Å². The van der Waals surface area contributed by atoms with Gasteiger partial charge in [-0.1, -0.05) is 91.1 Å². The third-order valence-electron chi connectivity index (χ3n) is 7.51. The van der Waals surface area contributed by atoms with Gasteiger partial charge in [-0.05, 0) is 46.0 Å². The smallest absolute Gasteiger partial charge is 0.338 e. The molecule has 1 aliphatic heterocycles. The number of carbonyl (C=O) groups excluding carboxylic acids is 1. The minimum Gasteiger partial charge on any atom is -0.466 e. The van der Waals surface area contributed by atoms with E-state index in [1.54, 1.807) is 28.5 Å². The number of fused-ring (bicyclic) bond motifs is 2. The second-order valence-electron chi connectivity index (χ2n) is 10.1. The third-order valence-corrected chi connectivity index (χ3v) is 9.64. The lowest BCUT2D eigenvalue weighted by Gasteiger charge is -2.25. The lowest BCUT2D eigenvalue weighted by molar-refractivity contribution is -0.384. The fraction of sp³-hybridized carbons (Fsp3) is 0.147. The predicted octanol–water partition coefficient (Wildman–Crippen LogP) is 6.15. The number of allylic oxidation sites excluding steroid dienone is 1. The highest BCUT2D eigenvalue weighted by molar-refractivity contribution is 7.98. The maximum absolute atomic E-state index is 14.0.